The lowest BCUT2D eigenvalue weighted by atomic mass is 9.99. The van der Waals surface area contributed by atoms with E-state index >= 15 is 0 Å². The highest BCUT2D eigenvalue weighted by Gasteiger charge is 2.26. The van der Waals surface area contributed by atoms with Crippen LogP contribution < -0.4 is 10.2 Å². The molecular formula is C27H30N8O2S. The molecule has 1 aliphatic heterocycles. The topological polar surface area (TPSA) is 119 Å². The van der Waals surface area contributed by atoms with Gasteiger partial charge in [-0.3, -0.25) is 14.3 Å². The molecule has 3 aromatic heterocycles. The summed E-state index contributed by atoms with van der Waals surface area (Å²) in [7, 11) is 1.82. The summed E-state index contributed by atoms with van der Waals surface area (Å²) in [6.07, 6.45) is 6.39. The number of nitrogens with zero attached hydrogens (tertiary/aromatic N) is 7. The molecule has 1 saturated heterocycles. The number of piperidine rings is 1. The zero-order chi connectivity index (χ0) is 26.5. The molecular weight excluding hydrogens is 500 g/mol. The number of benzene rings is 1. The fraction of sp³-hybridized carbons (Fsp3) is 0.370. The standard InChI is InChI=1S/C27H30N8O2S/c1-18-5-3-6-19(11-18)12-23(36)14-22-8-9-24(31-30-22)35-10-4-7-21(17-35)26-32-33-27(38-26)29-25(37)13-20-15-28-34(2)16-20/h3,5-6,8-9,11,15-16,21H,4,7,10,12-14,17H2,1-2H3,(H,29,33,37). The maximum atomic E-state index is 12.5. The fourth-order valence-electron chi connectivity index (χ4n) is 4.68. The summed E-state index contributed by atoms with van der Waals surface area (Å²) < 4.78 is 1.67. The van der Waals surface area contributed by atoms with Gasteiger partial charge < -0.3 is 10.2 Å². The number of carbonyl (C=O) groups excluding carboxylic acids is 2. The van der Waals surface area contributed by atoms with Crippen LogP contribution in [0.15, 0.2) is 48.8 Å². The first kappa shape index (κ1) is 25.7. The second-order valence-electron chi connectivity index (χ2n) is 9.74. The Morgan fingerprint density at radius 3 is 2.71 bits per heavy atom. The number of Topliss-reactive ketones (excluding diaryl/α,β-unsaturated/α-hetero) is 1. The first-order valence-corrected chi connectivity index (χ1v) is 13.5. The van der Waals surface area contributed by atoms with Crippen molar-refractivity contribution in [3.8, 4) is 0 Å². The Balaban J connectivity index is 1.14. The van der Waals surface area contributed by atoms with Gasteiger partial charge in [0.25, 0.3) is 0 Å². The third kappa shape index (κ3) is 6.65. The van der Waals surface area contributed by atoms with E-state index in [2.05, 4.69) is 35.7 Å². The molecule has 0 spiro atoms. The normalized spacial score (nSPS) is 15.4. The van der Waals surface area contributed by atoms with Crippen molar-refractivity contribution in [2.75, 3.05) is 23.3 Å². The van der Waals surface area contributed by atoms with Crippen LogP contribution in [-0.4, -0.2) is 55.0 Å². The van der Waals surface area contributed by atoms with Gasteiger partial charge in [-0.05, 0) is 43.0 Å². The number of nitrogens with one attached hydrogen (secondary N) is 1. The van der Waals surface area contributed by atoms with Crippen molar-refractivity contribution in [1.29, 1.82) is 0 Å². The van der Waals surface area contributed by atoms with Crippen LogP contribution >= 0.6 is 11.3 Å². The summed E-state index contributed by atoms with van der Waals surface area (Å²) >= 11 is 1.42. The van der Waals surface area contributed by atoms with Crippen LogP contribution in [0.5, 0.6) is 0 Å². The van der Waals surface area contributed by atoms with Gasteiger partial charge in [-0.25, -0.2) is 0 Å². The Bertz CT molecular complexity index is 1410. The number of aromatic nitrogens is 6. The van der Waals surface area contributed by atoms with Crippen LogP contribution in [0.3, 0.4) is 0 Å². The fourth-order valence-corrected chi connectivity index (χ4v) is 5.56. The molecule has 4 aromatic rings. The van der Waals surface area contributed by atoms with Crippen LogP contribution in [0, 0.1) is 6.92 Å². The Kier molecular flexibility index (Phi) is 7.83. The van der Waals surface area contributed by atoms with Gasteiger partial charge in [-0.2, -0.15) is 10.2 Å². The molecule has 10 nitrogen and oxygen atoms in total. The molecule has 1 atom stereocenters. The van der Waals surface area contributed by atoms with E-state index in [0.717, 1.165) is 53.4 Å². The molecule has 1 aromatic carbocycles. The predicted molar refractivity (Wildman–Crippen MR) is 145 cm³/mol. The van der Waals surface area contributed by atoms with E-state index in [1.807, 2.05) is 56.6 Å². The van der Waals surface area contributed by atoms with Gasteiger partial charge in [0.05, 0.1) is 24.7 Å². The lowest BCUT2D eigenvalue weighted by Crippen LogP contribution is -2.35. The van der Waals surface area contributed by atoms with Crippen LogP contribution in [0.2, 0.25) is 0 Å². The maximum Gasteiger partial charge on any atom is 0.230 e. The number of aryl methyl sites for hydroxylation is 2. The summed E-state index contributed by atoms with van der Waals surface area (Å²) in [6.45, 7) is 3.65. The number of amides is 1. The minimum atomic E-state index is -0.140. The third-order valence-corrected chi connectivity index (χ3v) is 7.47. The van der Waals surface area contributed by atoms with Crippen LogP contribution in [0.4, 0.5) is 10.9 Å². The Labute approximate surface area is 225 Å². The van der Waals surface area contributed by atoms with Crippen LogP contribution in [0.1, 0.15) is 46.2 Å². The van der Waals surface area contributed by atoms with Gasteiger partial charge in [-0.15, -0.1) is 15.3 Å². The average Bonchev–Trinajstić information content (AvgIpc) is 3.53. The first-order chi connectivity index (χ1) is 18.4. The first-order valence-electron chi connectivity index (χ1n) is 12.7. The number of hydrogen-bond acceptors (Lipinski definition) is 9. The lowest BCUT2D eigenvalue weighted by molar-refractivity contribution is -0.118. The quantitative estimate of drug-likeness (QED) is 0.350. The van der Waals surface area contributed by atoms with E-state index in [1.54, 1.807) is 10.9 Å². The van der Waals surface area contributed by atoms with Crippen molar-refractivity contribution in [3.63, 3.8) is 0 Å². The molecule has 1 aliphatic rings. The van der Waals surface area contributed by atoms with Crippen molar-refractivity contribution < 1.29 is 9.59 Å². The highest BCUT2D eigenvalue weighted by molar-refractivity contribution is 7.15. The molecule has 38 heavy (non-hydrogen) atoms. The molecule has 1 unspecified atom stereocenters. The van der Waals surface area contributed by atoms with E-state index < -0.39 is 0 Å². The maximum absolute atomic E-state index is 12.5. The summed E-state index contributed by atoms with van der Waals surface area (Å²) in [5.41, 5.74) is 3.69. The lowest BCUT2D eigenvalue weighted by Gasteiger charge is -2.32. The van der Waals surface area contributed by atoms with Crippen molar-refractivity contribution in [1.82, 2.24) is 30.2 Å². The van der Waals surface area contributed by atoms with Crippen LogP contribution in [0.25, 0.3) is 0 Å². The molecule has 196 valence electrons. The monoisotopic (exact) mass is 530 g/mol. The van der Waals surface area contributed by atoms with Crippen LogP contribution in [-0.2, 0) is 35.9 Å². The number of rotatable bonds is 9. The molecule has 0 saturated carbocycles. The number of carbonyl (C=O) groups is 2. The Hall–Kier alpha value is -3.99. The SMILES string of the molecule is Cc1cccc(CC(=O)Cc2ccc(N3CCCC(c4nnc(NC(=O)Cc5cnn(C)c5)s4)C3)nn2)c1. The van der Waals surface area contributed by atoms with Crippen molar-refractivity contribution in [2.45, 2.75) is 44.9 Å². The van der Waals surface area contributed by atoms with Crippen molar-refractivity contribution in [2.24, 2.45) is 7.05 Å². The Morgan fingerprint density at radius 2 is 1.95 bits per heavy atom. The second kappa shape index (κ2) is 11.6. The number of hydrogen-bond donors (Lipinski definition) is 1. The molecule has 0 aliphatic carbocycles. The molecule has 11 heteroatoms. The Morgan fingerprint density at radius 1 is 1.05 bits per heavy atom. The summed E-state index contributed by atoms with van der Waals surface area (Å²) in [4.78, 5) is 27.1. The van der Waals surface area contributed by atoms with E-state index in [-0.39, 0.29) is 30.4 Å². The zero-order valence-electron chi connectivity index (χ0n) is 21.5. The molecule has 4 heterocycles. The molecule has 0 bridgehead atoms. The minimum absolute atomic E-state index is 0.121. The van der Waals surface area contributed by atoms with Gasteiger partial charge >= 0.3 is 0 Å². The van der Waals surface area contributed by atoms with Crippen molar-refractivity contribution in [3.05, 3.63) is 76.2 Å². The van der Waals surface area contributed by atoms with Crippen molar-refractivity contribution >= 4 is 34.0 Å². The second-order valence-corrected chi connectivity index (χ2v) is 10.8. The smallest absolute Gasteiger partial charge is 0.230 e. The van der Waals surface area contributed by atoms with Gasteiger partial charge in [0.15, 0.2) is 5.82 Å². The van der Waals surface area contributed by atoms with E-state index in [9.17, 15) is 9.59 Å². The predicted octanol–water partition coefficient (Wildman–Crippen LogP) is 3.29. The van der Waals surface area contributed by atoms with Gasteiger partial charge in [-0.1, -0.05) is 41.2 Å². The summed E-state index contributed by atoms with van der Waals surface area (Å²) in [5.74, 6) is 0.968. The highest BCUT2D eigenvalue weighted by atomic mass is 32.1. The minimum Gasteiger partial charge on any atom is -0.354 e. The molecule has 1 fully saturated rings. The molecule has 5 rings (SSSR count). The van der Waals surface area contributed by atoms with Gasteiger partial charge in [0.1, 0.15) is 10.8 Å². The number of anilines is 2. The van der Waals surface area contributed by atoms with E-state index in [4.69, 9.17) is 0 Å². The number of ketones is 1. The third-order valence-electron chi connectivity index (χ3n) is 6.47. The molecule has 1 N–H and O–H groups in total. The van der Waals surface area contributed by atoms with E-state index in [1.165, 1.54) is 11.3 Å². The zero-order valence-corrected chi connectivity index (χ0v) is 22.3. The largest absolute Gasteiger partial charge is 0.354 e. The highest BCUT2D eigenvalue weighted by Crippen LogP contribution is 2.32. The summed E-state index contributed by atoms with van der Waals surface area (Å²) in [6, 6.07) is 11.8. The average molecular weight is 531 g/mol. The molecule has 1 amide bonds. The van der Waals surface area contributed by atoms with E-state index in [0.29, 0.717) is 17.2 Å². The molecule has 0 radical (unpaired) electrons. The summed E-state index contributed by atoms with van der Waals surface area (Å²) in [5, 5.41) is 25.6. The van der Waals surface area contributed by atoms with Gasteiger partial charge in [0.2, 0.25) is 11.0 Å². The van der Waals surface area contributed by atoms with Gasteiger partial charge in [0, 0.05) is 38.7 Å².